The minimum Gasteiger partial charge on any atom is -0.865 e. The molecule has 0 N–H and O–H groups in total. The van der Waals surface area contributed by atoms with Crippen LogP contribution in [-0.2, 0) is 0 Å². The second-order valence-electron chi connectivity index (χ2n) is 4.85. The van der Waals surface area contributed by atoms with Gasteiger partial charge in [-0.1, -0.05) is 6.08 Å². The molecule has 2 rings (SSSR count). The number of rotatable bonds is 5. The largest absolute Gasteiger partial charge is 0.865 e. The van der Waals surface area contributed by atoms with Crippen molar-refractivity contribution >= 4 is 28.9 Å². The van der Waals surface area contributed by atoms with Crippen molar-refractivity contribution in [2.45, 2.75) is 13.8 Å². The molecule has 0 spiro atoms. The predicted octanol–water partition coefficient (Wildman–Crippen LogP) is 3.25. The van der Waals surface area contributed by atoms with E-state index in [1.54, 1.807) is 6.07 Å². The fourth-order valence-electron chi connectivity index (χ4n) is 2.13. The van der Waals surface area contributed by atoms with Crippen LogP contribution in [0.25, 0.3) is 6.08 Å². The van der Waals surface area contributed by atoms with Crippen LogP contribution in [0.15, 0.2) is 24.3 Å². The summed E-state index contributed by atoms with van der Waals surface area (Å²) in [6, 6.07) is 4.29. The molecular weight excluding hydrogens is 318 g/mol. The van der Waals surface area contributed by atoms with E-state index in [4.69, 9.17) is 4.74 Å². The highest BCUT2D eigenvalue weighted by Gasteiger charge is 2.13. The maximum absolute atomic E-state index is 12.2. The number of nitro groups is 1. The molecule has 1 aromatic heterocycles. The number of nitrogens with zero attached hydrogens (tertiary/aromatic N) is 1. The Kier molecular flexibility index (Phi) is 4.80. The number of thiophene rings is 1. The van der Waals surface area contributed by atoms with E-state index in [1.165, 1.54) is 36.7 Å². The lowest BCUT2D eigenvalue weighted by molar-refractivity contribution is -0.398. The Bertz CT molecular complexity index is 807. The number of benzene rings is 1. The second kappa shape index (κ2) is 6.62. The first-order valence-corrected chi connectivity index (χ1v) is 7.48. The number of aryl methyl sites for hydroxylation is 2. The fourth-order valence-corrected chi connectivity index (χ4v) is 3.06. The van der Waals surface area contributed by atoms with E-state index in [0.29, 0.717) is 11.1 Å². The van der Waals surface area contributed by atoms with E-state index in [0.717, 1.165) is 15.8 Å². The van der Waals surface area contributed by atoms with E-state index in [-0.39, 0.29) is 11.5 Å². The van der Waals surface area contributed by atoms with E-state index >= 15 is 0 Å². The summed E-state index contributed by atoms with van der Waals surface area (Å²) in [6.07, 6.45) is 2.77. The molecule has 0 aliphatic carbocycles. The first-order chi connectivity index (χ1) is 10.8. The molecule has 6 nitrogen and oxygen atoms in total. The highest BCUT2D eigenvalue weighted by atomic mass is 32.1. The first kappa shape index (κ1) is 16.7. The van der Waals surface area contributed by atoms with Gasteiger partial charge in [0.1, 0.15) is 5.75 Å². The van der Waals surface area contributed by atoms with Crippen LogP contribution in [0, 0.1) is 24.0 Å². The fraction of sp³-hybridized carbons (Fsp3) is 0.188. The molecule has 0 aliphatic heterocycles. The molecule has 23 heavy (non-hydrogen) atoms. The number of ether oxygens (including phenoxy) is 1. The number of allylic oxidation sites excluding steroid dienone is 1. The molecule has 7 heteroatoms. The van der Waals surface area contributed by atoms with Crippen molar-refractivity contribution in [1.29, 1.82) is 0 Å². The van der Waals surface area contributed by atoms with Crippen LogP contribution >= 0.6 is 11.3 Å². The number of hydrogen-bond donors (Lipinski definition) is 0. The number of hydrogen-bond acceptors (Lipinski definition) is 6. The van der Waals surface area contributed by atoms with Crippen molar-refractivity contribution in [2.75, 3.05) is 7.11 Å². The van der Waals surface area contributed by atoms with Crippen LogP contribution < -0.4 is 9.84 Å². The zero-order chi connectivity index (χ0) is 17.1. The molecule has 0 unspecified atom stereocenters. The van der Waals surface area contributed by atoms with Gasteiger partial charge in [-0.05, 0) is 37.6 Å². The van der Waals surface area contributed by atoms with Crippen LogP contribution in [0.4, 0.5) is 5.69 Å². The molecule has 120 valence electrons. The van der Waals surface area contributed by atoms with Crippen LogP contribution in [0.2, 0.25) is 0 Å². The Morgan fingerprint density at radius 2 is 2.00 bits per heavy atom. The van der Waals surface area contributed by atoms with E-state index in [2.05, 4.69) is 0 Å². The Balaban J connectivity index is 2.36. The smallest absolute Gasteiger partial charge is 0.266 e. The van der Waals surface area contributed by atoms with Gasteiger partial charge < -0.3 is 9.84 Å². The van der Waals surface area contributed by atoms with E-state index in [1.807, 2.05) is 13.8 Å². The molecule has 0 amide bonds. The van der Waals surface area contributed by atoms with E-state index < -0.39 is 16.4 Å². The quantitative estimate of drug-likeness (QED) is 0.363. The number of ketones is 1. The van der Waals surface area contributed by atoms with Crippen molar-refractivity contribution in [3.8, 4) is 11.5 Å². The normalized spacial score (nSPS) is 10.9. The lowest BCUT2D eigenvalue weighted by atomic mass is 10.1. The van der Waals surface area contributed by atoms with Gasteiger partial charge in [0, 0.05) is 27.1 Å². The third-order valence-electron chi connectivity index (χ3n) is 3.21. The number of nitro benzene ring substituents is 1. The highest BCUT2D eigenvalue weighted by molar-refractivity contribution is 7.12. The van der Waals surface area contributed by atoms with Crippen molar-refractivity contribution < 1.29 is 19.6 Å². The highest BCUT2D eigenvalue weighted by Crippen LogP contribution is 2.35. The second-order valence-corrected chi connectivity index (χ2v) is 6.31. The number of carbonyl (C=O) groups excluding carboxylic acids is 1. The van der Waals surface area contributed by atoms with Gasteiger partial charge in [-0.2, -0.15) is 0 Å². The molecule has 2 aromatic rings. The summed E-state index contributed by atoms with van der Waals surface area (Å²) in [5.41, 5.74) is 0.371. The summed E-state index contributed by atoms with van der Waals surface area (Å²) in [6.45, 7) is 3.78. The average Bonchev–Trinajstić information content (AvgIpc) is 2.84. The summed E-state index contributed by atoms with van der Waals surface area (Å²) < 4.78 is 4.86. The van der Waals surface area contributed by atoms with Gasteiger partial charge in [-0.3, -0.25) is 14.9 Å². The third kappa shape index (κ3) is 3.57. The van der Waals surface area contributed by atoms with Crippen LogP contribution in [-0.4, -0.2) is 17.8 Å². The molecule has 0 saturated heterocycles. The minimum atomic E-state index is -0.787. The summed E-state index contributed by atoms with van der Waals surface area (Å²) in [7, 11) is 1.26. The number of carbonyl (C=O) groups is 1. The first-order valence-electron chi connectivity index (χ1n) is 6.66. The van der Waals surface area contributed by atoms with Gasteiger partial charge in [0.25, 0.3) is 5.69 Å². The van der Waals surface area contributed by atoms with Crippen LogP contribution in [0.1, 0.15) is 25.7 Å². The lowest BCUT2D eigenvalue weighted by Crippen LogP contribution is -2.01. The standard InChI is InChI=1S/C16H15NO5S/c1-9-6-12(10(2)23-9)14(18)5-4-11-7-13(17(20)21)16(19)15(8-11)22-3/h4-8,19H,1-3H3/p-1/b5-4+. The van der Waals surface area contributed by atoms with Crippen molar-refractivity contribution in [3.05, 3.63) is 55.3 Å². The third-order valence-corrected chi connectivity index (χ3v) is 4.17. The molecule has 0 atom stereocenters. The Morgan fingerprint density at radius 3 is 2.52 bits per heavy atom. The van der Waals surface area contributed by atoms with Crippen molar-refractivity contribution in [1.82, 2.24) is 0 Å². The van der Waals surface area contributed by atoms with Gasteiger partial charge in [-0.25, -0.2) is 0 Å². The summed E-state index contributed by atoms with van der Waals surface area (Å²) in [5.74, 6) is -1.11. The molecule has 0 radical (unpaired) electrons. The SMILES string of the molecule is COc1cc(/C=C/C(=O)c2cc(C)sc2C)cc([N+](=O)[O-])c1[O-]. The molecule has 0 bridgehead atoms. The molecule has 0 aliphatic rings. The van der Waals surface area contributed by atoms with Crippen molar-refractivity contribution in [3.63, 3.8) is 0 Å². The predicted molar refractivity (Wildman–Crippen MR) is 86.3 cm³/mol. The van der Waals surface area contributed by atoms with Crippen LogP contribution in [0.5, 0.6) is 11.5 Å². The maximum atomic E-state index is 12.2. The van der Waals surface area contributed by atoms with Gasteiger partial charge in [0.05, 0.1) is 12.0 Å². The Labute approximate surface area is 136 Å². The summed E-state index contributed by atoms with van der Waals surface area (Å²) in [5, 5.41) is 22.7. The lowest BCUT2D eigenvalue weighted by Gasteiger charge is -2.13. The number of methoxy groups -OCH3 is 1. The molecule has 0 saturated carbocycles. The van der Waals surface area contributed by atoms with Gasteiger partial charge in [0.2, 0.25) is 0 Å². The Morgan fingerprint density at radius 1 is 1.30 bits per heavy atom. The van der Waals surface area contributed by atoms with Gasteiger partial charge >= 0.3 is 0 Å². The maximum Gasteiger partial charge on any atom is 0.266 e. The molecular formula is C16H14NO5S-. The molecule has 0 fully saturated rings. The van der Waals surface area contributed by atoms with Crippen molar-refractivity contribution in [2.24, 2.45) is 0 Å². The molecule has 1 heterocycles. The van der Waals surface area contributed by atoms with E-state index in [9.17, 15) is 20.0 Å². The zero-order valence-corrected chi connectivity index (χ0v) is 13.6. The summed E-state index contributed by atoms with van der Waals surface area (Å²) in [4.78, 5) is 24.3. The zero-order valence-electron chi connectivity index (χ0n) is 12.8. The van der Waals surface area contributed by atoms with Gasteiger partial charge in [-0.15, -0.1) is 11.3 Å². The minimum absolute atomic E-state index is 0.131. The Hall–Kier alpha value is -2.67. The topological polar surface area (TPSA) is 92.5 Å². The summed E-state index contributed by atoms with van der Waals surface area (Å²) >= 11 is 1.53. The average molecular weight is 332 g/mol. The van der Waals surface area contributed by atoms with Crippen LogP contribution in [0.3, 0.4) is 0 Å². The van der Waals surface area contributed by atoms with Gasteiger partial charge in [0.15, 0.2) is 5.78 Å². The monoisotopic (exact) mass is 332 g/mol. The molecule has 1 aromatic carbocycles.